The maximum atomic E-state index is 12.5. The van der Waals surface area contributed by atoms with Crippen LogP contribution in [0.2, 0.25) is 0 Å². The molecule has 1 aromatic rings. The van der Waals surface area contributed by atoms with E-state index in [4.69, 9.17) is 9.47 Å². The molecule has 7 nitrogen and oxygen atoms in total. The van der Waals surface area contributed by atoms with Gasteiger partial charge in [-0.05, 0) is 30.9 Å². The fourth-order valence-electron chi connectivity index (χ4n) is 3.12. The van der Waals surface area contributed by atoms with Crippen LogP contribution in [0.5, 0.6) is 11.5 Å². The number of ether oxygens (including phenoxy) is 2. The summed E-state index contributed by atoms with van der Waals surface area (Å²) in [7, 11) is 0. The molecule has 2 aliphatic rings. The molecule has 0 radical (unpaired) electrons. The average Bonchev–Trinajstić information content (AvgIpc) is 2.66. The molecule has 1 atom stereocenters. The lowest BCUT2D eigenvalue weighted by Crippen LogP contribution is -2.45. The molecule has 3 amide bonds. The second-order valence-corrected chi connectivity index (χ2v) is 6.40. The molecule has 2 aliphatic heterocycles. The zero-order valence-electron chi connectivity index (χ0n) is 14.5. The van der Waals surface area contributed by atoms with Crippen LogP contribution in [0.1, 0.15) is 26.2 Å². The van der Waals surface area contributed by atoms with E-state index < -0.39 is 0 Å². The highest BCUT2D eigenvalue weighted by atomic mass is 16.6. The van der Waals surface area contributed by atoms with Crippen molar-refractivity contribution >= 4 is 17.6 Å². The van der Waals surface area contributed by atoms with Gasteiger partial charge in [0.25, 0.3) is 0 Å². The Bertz CT molecular complexity index is 635. The summed E-state index contributed by atoms with van der Waals surface area (Å²) in [5, 5.41) is 5.84. The zero-order valence-corrected chi connectivity index (χ0v) is 14.5. The summed E-state index contributed by atoms with van der Waals surface area (Å²) < 4.78 is 11.0. The van der Waals surface area contributed by atoms with Gasteiger partial charge in [0.15, 0.2) is 11.5 Å². The Kier molecular flexibility index (Phi) is 5.63. The van der Waals surface area contributed by atoms with E-state index in [1.807, 2.05) is 24.0 Å². The van der Waals surface area contributed by atoms with Crippen molar-refractivity contribution in [2.75, 3.05) is 38.2 Å². The molecular formula is C18H25N3O4. The molecule has 0 spiro atoms. The number of fused-ring (bicyclic) bond motifs is 1. The van der Waals surface area contributed by atoms with Gasteiger partial charge in [0.05, 0.1) is 0 Å². The van der Waals surface area contributed by atoms with E-state index in [-0.39, 0.29) is 11.9 Å². The summed E-state index contributed by atoms with van der Waals surface area (Å²) in [6.07, 6.45) is 2.46. The number of hydrogen-bond donors (Lipinski definition) is 2. The minimum Gasteiger partial charge on any atom is -0.486 e. The monoisotopic (exact) mass is 347 g/mol. The topological polar surface area (TPSA) is 79.9 Å². The first-order chi connectivity index (χ1) is 12.2. The van der Waals surface area contributed by atoms with Crippen LogP contribution >= 0.6 is 0 Å². The molecule has 2 heterocycles. The molecule has 25 heavy (non-hydrogen) atoms. The van der Waals surface area contributed by atoms with Gasteiger partial charge in [0, 0.05) is 37.8 Å². The first-order valence-electron chi connectivity index (χ1n) is 8.88. The van der Waals surface area contributed by atoms with Crippen molar-refractivity contribution in [3.63, 3.8) is 0 Å². The minimum atomic E-state index is -0.122. The van der Waals surface area contributed by atoms with Gasteiger partial charge in [-0.2, -0.15) is 0 Å². The summed E-state index contributed by atoms with van der Waals surface area (Å²) >= 11 is 0. The molecule has 0 aliphatic carbocycles. The summed E-state index contributed by atoms with van der Waals surface area (Å²) in [4.78, 5) is 25.7. The number of rotatable bonds is 4. The van der Waals surface area contributed by atoms with Crippen LogP contribution < -0.4 is 20.1 Å². The largest absolute Gasteiger partial charge is 0.486 e. The van der Waals surface area contributed by atoms with E-state index in [1.54, 1.807) is 6.07 Å². The predicted molar refractivity (Wildman–Crippen MR) is 94.0 cm³/mol. The first-order valence-corrected chi connectivity index (χ1v) is 8.88. The number of piperidine rings is 1. The van der Waals surface area contributed by atoms with E-state index in [9.17, 15) is 9.59 Å². The molecule has 0 aromatic heterocycles. The normalized spacial score (nSPS) is 19.2. The Morgan fingerprint density at radius 1 is 1.24 bits per heavy atom. The Labute approximate surface area is 147 Å². The van der Waals surface area contributed by atoms with Crippen LogP contribution in [-0.2, 0) is 4.79 Å². The number of benzene rings is 1. The van der Waals surface area contributed by atoms with Crippen LogP contribution in [0.3, 0.4) is 0 Å². The van der Waals surface area contributed by atoms with Crippen molar-refractivity contribution in [2.45, 2.75) is 26.2 Å². The molecule has 1 fully saturated rings. The Hall–Kier alpha value is -2.44. The van der Waals surface area contributed by atoms with Crippen LogP contribution in [-0.4, -0.2) is 49.7 Å². The molecule has 1 saturated heterocycles. The molecule has 2 N–H and O–H groups in total. The van der Waals surface area contributed by atoms with Crippen LogP contribution in [0.4, 0.5) is 10.5 Å². The molecule has 0 saturated carbocycles. The quantitative estimate of drug-likeness (QED) is 0.875. The molecule has 7 heteroatoms. The van der Waals surface area contributed by atoms with Crippen molar-refractivity contribution in [3.8, 4) is 11.5 Å². The maximum absolute atomic E-state index is 12.5. The second-order valence-electron chi connectivity index (χ2n) is 6.40. The van der Waals surface area contributed by atoms with Crippen molar-refractivity contribution in [3.05, 3.63) is 18.2 Å². The summed E-state index contributed by atoms with van der Waals surface area (Å²) in [5.41, 5.74) is 0.690. The number of hydrogen-bond acceptors (Lipinski definition) is 4. The lowest BCUT2D eigenvalue weighted by Gasteiger charge is -2.33. The third-order valence-corrected chi connectivity index (χ3v) is 4.51. The van der Waals surface area contributed by atoms with E-state index in [0.29, 0.717) is 55.8 Å². The number of carbonyl (C=O) groups is 2. The SMILES string of the molecule is CCC(=O)NC[C@H]1CCCN(C(=O)Nc2ccc3c(c2)OCCO3)C1. The molecule has 0 bridgehead atoms. The van der Waals surface area contributed by atoms with Gasteiger partial charge >= 0.3 is 6.03 Å². The number of nitrogens with zero attached hydrogens (tertiary/aromatic N) is 1. The summed E-state index contributed by atoms with van der Waals surface area (Å²) in [6.45, 7) is 4.91. The van der Waals surface area contributed by atoms with Crippen molar-refractivity contribution < 1.29 is 19.1 Å². The fourth-order valence-corrected chi connectivity index (χ4v) is 3.12. The minimum absolute atomic E-state index is 0.0536. The van der Waals surface area contributed by atoms with Gasteiger partial charge in [-0.1, -0.05) is 6.92 Å². The van der Waals surface area contributed by atoms with Gasteiger partial charge in [0.1, 0.15) is 13.2 Å². The third kappa shape index (κ3) is 4.55. The van der Waals surface area contributed by atoms with Crippen molar-refractivity contribution in [1.29, 1.82) is 0 Å². The van der Waals surface area contributed by atoms with Gasteiger partial charge in [-0.15, -0.1) is 0 Å². The lowest BCUT2D eigenvalue weighted by molar-refractivity contribution is -0.121. The van der Waals surface area contributed by atoms with Gasteiger partial charge in [-0.3, -0.25) is 4.79 Å². The Morgan fingerprint density at radius 3 is 2.84 bits per heavy atom. The molecule has 3 rings (SSSR count). The van der Waals surface area contributed by atoms with E-state index in [2.05, 4.69) is 10.6 Å². The molecular weight excluding hydrogens is 322 g/mol. The molecule has 1 aromatic carbocycles. The summed E-state index contributed by atoms with van der Waals surface area (Å²) in [6, 6.07) is 5.29. The number of amides is 3. The van der Waals surface area contributed by atoms with Crippen LogP contribution in [0.15, 0.2) is 18.2 Å². The Balaban J connectivity index is 1.54. The third-order valence-electron chi connectivity index (χ3n) is 4.51. The highest BCUT2D eigenvalue weighted by Crippen LogP contribution is 2.32. The van der Waals surface area contributed by atoms with E-state index in [0.717, 1.165) is 19.4 Å². The Morgan fingerprint density at radius 2 is 2.04 bits per heavy atom. The molecule has 0 unspecified atom stereocenters. The number of carbonyl (C=O) groups excluding carboxylic acids is 2. The van der Waals surface area contributed by atoms with Crippen LogP contribution in [0.25, 0.3) is 0 Å². The average molecular weight is 347 g/mol. The standard InChI is InChI=1S/C18H25N3O4/c1-2-17(22)19-11-13-4-3-7-21(12-13)18(23)20-14-5-6-15-16(10-14)25-9-8-24-15/h5-6,10,13H,2-4,7-9,11-12H2,1H3,(H,19,22)(H,20,23)/t13-/m1/s1. The maximum Gasteiger partial charge on any atom is 0.321 e. The van der Waals surface area contributed by atoms with Crippen LogP contribution in [0, 0.1) is 5.92 Å². The lowest BCUT2D eigenvalue weighted by atomic mass is 9.98. The highest BCUT2D eigenvalue weighted by Gasteiger charge is 2.24. The van der Waals surface area contributed by atoms with E-state index >= 15 is 0 Å². The first kappa shape index (κ1) is 17.4. The predicted octanol–water partition coefficient (Wildman–Crippen LogP) is 2.23. The van der Waals surface area contributed by atoms with Gasteiger partial charge in [-0.25, -0.2) is 4.79 Å². The number of anilines is 1. The van der Waals surface area contributed by atoms with Gasteiger partial charge < -0.3 is 25.0 Å². The van der Waals surface area contributed by atoms with Crippen molar-refractivity contribution in [2.24, 2.45) is 5.92 Å². The highest BCUT2D eigenvalue weighted by molar-refractivity contribution is 5.89. The smallest absolute Gasteiger partial charge is 0.321 e. The second kappa shape index (κ2) is 8.09. The summed E-state index contributed by atoms with van der Waals surface area (Å²) in [5.74, 6) is 1.71. The number of urea groups is 1. The molecule has 136 valence electrons. The zero-order chi connectivity index (χ0) is 17.6. The number of likely N-dealkylation sites (tertiary alicyclic amines) is 1. The van der Waals surface area contributed by atoms with E-state index in [1.165, 1.54) is 0 Å². The number of nitrogens with one attached hydrogen (secondary N) is 2. The van der Waals surface area contributed by atoms with Gasteiger partial charge in [0.2, 0.25) is 5.91 Å². The fraction of sp³-hybridized carbons (Fsp3) is 0.556. The van der Waals surface area contributed by atoms with Crippen molar-refractivity contribution in [1.82, 2.24) is 10.2 Å².